The van der Waals surface area contributed by atoms with E-state index in [1.165, 1.54) is 0 Å². The predicted octanol–water partition coefficient (Wildman–Crippen LogP) is 2.54. The third kappa shape index (κ3) is 2.86. The van der Waals surface area contributed by atoms with Crippen LogP contribution in [-0.4, -0.2) is 17.1 Å². The summed E-state index contributed by atoms with van der Waals surface area (Å²) in [6.07, 6.45) is 1.74. The van der Waals surface area contributed by atoms with Crippen LogP contribution in [0.1, 0.15) is 5.56 Å². The number of hydrogen-bond acceptors (Lipinski definition) is 4. The van der Waals surface area contributed by atoms with Gasteiger partial charge in [-0.1, -0.05) is 24.3 Å². The van der Waals surface area contributed by atoms with Gasteiger partial charge in [0.05, 0.1) is 7.11 Å². The zero-order valence-corrected chi connectivity index (χ0v) is 11.6. The van der Waals surface area contributed by atoms with Crippen LogP contribution >= 0.6 is 0 Å². The second-order valence-corrected chi connectivity index (χ2v) is 4.66. The van der Waals surface area contributed by atoms with E-state index in [-0.39, 0.29) is 5.56 Å². The van der Waals surface area contributed by atoms with E-state index in [4.69, 9.17) is 4.74 Å². The number of benzene rings is 1. The number of methoxy groups -OCH3 is 1. The van der Waals surface area contributed by atoms with Crippen LogP contribution in [0.15, 0.2) is 53.5 Å². The first-order chi connectivity index (χ1) is 10.3. The van der Waals surface area contributed by atoms with Gasteiger partial charge >= 0.3 is 0 Å². The summed E-state index contributed by atoms with van der Waals surface area (Å²) < 4.78 is 5.02. The molecular weight excluding hydrogens is 266 g/mol. The molecule has 0 saturated heterocycles. The summed E-state index contributed by atoms with van der Waals surface area (Å²) in [7, 11) is 1.58. The first-order valence-electron chi connectivity index (χ1n) is 6.61. The first kappa shape index (κ1) is 13.2. The molecule has 5 nitrogen and oxygen atoms in total. The third-order valence-electron chi connectivity index (χ3n) is 3.24. The number of rotatable bonds is 4. The Morgan fingerprint density at radius 1 is 1.24 bits per heavy atom. The molecule has 0 spiro atoms. The molecule has 0 amide bonds. The van der Waals surface area contributed by atoms with E-state index in [2.05, 4.69) is 15.3 Å². The zero-order chi connectivity index (χ0) is 14.7. The van der Waals surface area contributed by atoms with Crippen LogP contribution in [0, 0.1) is 0 Å². The number of nitrogens with zero attached hydrogens (tertiary/aromatic N) is 1. The van der Waals surface area contributed by atoms with Crippen LogP contribution in [0.2, 0.25) is 0 Å². The highest BCUT2D eigenvalue weighted by molar-refractivity contribution is 5.83. The van der Waals surface area contributed by atoms with Crippen LogP contribution in [0.25, 0.3) is 10.8 Å². The number of nitrogens with one attached hydrogen (secondary N) is 2. The Morgan fingerprint density at radius 2 is 2.10 bits per heavy atom. The molecule has 0 atom stereocenters. The van der Waals surface area contributed by atoms with E-state index < -0.39 is 0 Å². The van der Waals surface area contributed by atoms with Gasteiger partial charge in [-0.25, -0.2) is 4.98 Å². The summed E-state index contributed by atoms with van der Waals surface area (Å²) in [6, 6.07) is 13.2. The van der Waals surface area contributed by atoms with Crippen molar-refractivity contribution in [2.75, 3.05) is 12.4 Å². The molecule has 5 heteroatoms. The van der Waals surface area contributed by atoms with E-state index in [0.29, 0.717) is 23.6 Å². The maximum atomic E-state index is 12.0. The van der Waals surface area contributed by atoms with E-state index in [9.17, 15) is 4.79 Å². The number of H-pyrrole nitrogens is 1. The van der Waals surface area contributed by atoms with Crippen molar-refractivity contribution in [3.63, 3.8) is 0 Å². The van der Waals surface area contributed by atoms with Crippen molar-refractivity contribution in [2.45, 2.75) is 6.54 Å². The molecule has 0 radical (unpaired) electrons. The molecule has 0 bridgehead atoms. The SMILES string of the molecule is COc1ccc(CNc2cc3ccccc3c(=O)[nH]2)cn1. The van der Waals surface area contributed by atoms with Gasteiger partial charge in [0.25, 0.3) is 5.56 Å². The molecule has 1 aromatic carbocycles. The van der Waals surface area contributed by atoms with E-state index >= 15 is 0 Å². The fourth-order valence-electron chi connectivity index (χ4n) is 2.14. The summed E-state index contributed by atoms with van der Waals surface area (Å²) in [5, 5.41) is 4.80. The molecule has 2 heterocycles. The van der Waals surface area contributed by atoms with Gasteiger partial charge in [-0.2, -0.15) is 0 Å². The molecule has 0 aliphatic rings. The second-order valence-electron chi connectivity index (χ2n) is 4.66. The van der Waals surface area contributed by atoms with Crippen molar-refractivity contribution < 1.29 is 4.74 Å². The highest BCUT2D eigenvalue weighted by Gasteiger charge is 2.01. The Morgan fingerprint density at radius 3 is 2.86 bits per heavy atom. The fourth-order valence-corrected chi connectivity index (χ4v) is 2.14. The number of fused-ring (bicyclic) bond motifs is 1. The minimum atomic E-state index is -0.0940. The average molecular weight is 281 g/mol. The number of aromatic nitrogens is 2. The first-order valence-corrected chi connectivity index (χ1v) is 6.61. The molecule has 21 heavy (non-hydrogen) atoms. The van der Waals surface area contributed by atoms with Crippen LogP contribution in [0.4, 0.5) is 5.82 Å². The van der Waals surface area contributed by atoms with Gasteiger partial charge in [0, 0.05) is 24.2 Å². The molecule has 2 aromatic heterocycles. The van der Waals surface area contributed by atoms with Crippen molar-refractivity contribution >= 4 is 16.6 Å². The van der Waals surface area contributed by atoms with E-state index in [1.54, 1.807) is 19.4 Å². The summed E-state index contributed by atoms with van der Waals surface area (Å²) in [6.45, 7) is 0.575. The normalized spacial score (nSPS) is 10.5. The maximum Gasteiger partial charge on any atom is 0.257 e. The smallest absolute Gasteiger partial charge is 0.257 e. The number of hydrogen-bond donors (Lipinski definition) is 2. The lowest BCUT2D eigenvalue weighted by Gasteiger charge is -2.08. The van der Waals surface area contributed by atoms with Gasteiger partial charge in [0.1, 0.15) is 5.82 Å². The summed E-state index contributed by atoms with van der Waals surface area (Å²) in [5.74, 6) is 1.27. The Balaban J connectivity index is 1.80. The molecule has 0 aliphatic heterocycles. The van der Waals surface area contributed by atoms with Gasteiger partial charge in [-0.15, -0.1) is 0 Å². The monoisotopic (exact) mass is 281 g/mol. The van der Waals surface area contributed by atoms with Crippen LogP contribution in [0.5, 0.6) is 5.88 Å². The number of ether oxygens (including phenoxy) is 1. The molecule has 0 unspecified atom stereocenters. The van der Waals surface area contributed by atoms with Crippen molar-refractivity contribution in [1.82, 2.24) is 9.97 Å². The molecule has 2 N–H and O–H groups in total. The van der Waals surface area contributed by atoms with Crippen LogP contribution < -0.4 is 15.6 Å². The Hall–Kier alpha value is -2.82. The van der Waals surface area contributed by atoms with E-state index in [0.717, 1.165) is 10.9 Å². The van der Waals surface area contributed by atoms with Gasteiger partial charge in [-0.05, 0) is 23.1 Å². The summed E-state index contributed by atoms with van der Waals surface area (Å²) in [4.78, 5) is 18.9. The minimum Gasteiger partial charge on any atom is -0.481 e. The predicted molar refractivity (Wildman–Crippen MR) is 82.7 cm³/mol. The van der Waals surface area contributed by atoms with Crippen LogP contribution in [0.3, 0.4) is 0 Å². The van der Waals surface area contributed by atoms with Gasteiger partial charge in [0.2, 0.25) is 5.88 Å². The number of anilines is 1. The summed E-state index contributed by atoms with van der Waals surface area (Å²) in [5.41, 5.74) is 0.910. The molecule has 3 rings (SSSR count). The van der Waals surface area contributed by atoms with Gasteiger partial charge < -0.3 is 15.0 Å². The lowest BCUT2D eigenvalue weighted by Crippen LogP contribution is -2.10. The molecule has 0 fully saturated rings. The number of pyridine rings is 2. The lowest BCUT2D eigenvalue weighted by atomic mass is 10.2. The van der Waals surface area contributed by atoms with Crippen molar-refractivity contribution in [3.8, 4) is 5.88 Å². The Kier molecular flexibility index (Phi) is 3.55. The standard InChI is InChI=1S/C16H15N3O2/c1-21-15-7-6-11(10-18-15)9-17-14-8-12-4-2-3-5-13(12)16(20)19-14/h2-8,10H,9H2,1H3,(H2,17,19,20). The molecule has 0 saturated carbocycles. The lowest BCUT2D eigenvalue weighted by molar-refractivity contribution is 0.397. The second kappa shape index (κ2) is 5.66. The van der Waals surface area contributed by atoms with Crippen molar-refractivity contribution in [2.24, 2.45) is 0 Å². The van der Waals surface area contributed by atoms with Crippen molar-refractivity contribution in [3.05, 3.63) is 64.6 Å². The largest absolute Gasteiger partial charge is 0.481 e. The molecule has 106 valence electrons. The third-order valence-corrected chi connectivity index (χ3v) is 3.24. The molecule has 3 aromatic rings. The Labute approximate surface area is 121 Å². The maximum absolute atomic E-state index is 12.0. The van der Waals surface area contributed by atoms with Crippen molar-refractivity contribution in [1.29, 1.82) is 0 Å². The quantitative estimate of drug-likeness (QED) is 0.771. The highest BCUT2D eigenvalue weighted by atomic mass is 16.5. The molecular formula is C16H15N3O2. The van der Waals surface area contributed by atoms with Gasteiger partial charge in [0.15, 0.2) is 0 Å². The van der Waals surface area contributed by atoms with Crippen LogP contribution in [-0.2, 0) is 6.54 Å². The zero-order valence-electron chi connectivity index (χ0n) is 11.6. The Bertz CT molecular complexity index is 810. The van der Waals surface area contributed by atoms with E-state index in [1.807, 2.05) is 36.4 Å². The minimum absolute atomic E-state index is 0.0940. The van der Waals surface area contributed by atoms with Gasteiger partial charge in [-0.3, -0.25) is 4.79 Å². The molecule has 0 aliphatic carbocycles. The number of aromatic amines is 1. The average Bonchev–Trinajstić information content (AvgIpc) is 2.53. The fraction of sp³-hybridized carbons (Fsp3) is 0.125. The highest BCUT2D eigenvalue weighted by Crippen LogP contribution is 2.14. The summed E-state index contributed by atoms with van der Waals surface area (Å²) >= 11 is 0. The topological polar surface area (TPSA) is 67.0 Å².